The van der Waals surface area contributed by atoms with E-state index >= 15 is 0 Å². The van der Waals surface area contributed by atoms with Crippen molar-refractivity contribution in [3.63, 3.8) is 0 Å². The predicted molar refractivity (Wildman–Crippen MR) is 144 cm³/mol. The molecule has 218 valence electrons. The summed E-state index contributed by atoms with van der Waals surface area (Å²) in [5.74, 6) is -1.25. The molecule has 0 bridgehead atoms. The van der Waals surface area contributed by atoms with E-state index in [4.69, 9.17) is 10.5 Å². The van der Waals surface area contributed by atoms with Gasteiger partial charge in [-0.3, -0.25) is 19.7 Å². The first-order chi connectivity index (χ1) is 19.6. The molecule has 2 aromatic carbocycles. The zero-order valence-electron chi connectivity index (χ0n) is 22.3. The van der Waals surface area contributed by atoms with E-state index in [1.165, 1.54) is 49.9 Å². The predicted octanol–water partition coefficient (Wildman–Crippen LogP) is 3.50. The second-order valence-electron chi connectivity index (χ2n) is 8.25. The maximum absolute atomic E-state index is 13.8. The molecule has 0 saturated heterocycles. The summed E-state index contributed by atoms with van der Waals surface area (Å²) in [6, 6.07) is 9.30. The number of halogens is 4. The number of aliphatic imine (C=N–C) groups is 2. The van der Waals surface area contributed by atoms with E-state index in [-0.39, 0.29) is 23.8 Å². The van der Waals surface area contributed by atoms with E-state index in [9.17, 15) is 22.4 Å². The highest BCUT2D eigenvalue weighted by molar-refractivity contribution is 6.10. The van der Waals surface area contributed by atoms with Crippen LogP contribution in [0, 0.1) is 0 Å². The summed E-state index contributed by atoms with van der Waals surface area (Å²) in [5.41, 5.74) is 7.90. The maximum Gasteiger partial charge on any atom is 0.573 e. The summed E-state index contributed by atoms with van der Waals surface area (Å²) in [6.45, 7) is -0.865. The van der Waals surface area contributed by atoms with Crippen LogP contribution >= 0.6 is 0 Å². The molecule has 1 unspecified atom stereocenters. The van der Waals surface area contributed by atoms with Gasteiger partial charge in [0.15, 0.2) is 18.5 Å². The summed E-state index contributed by atoms with van der Waals surface area (Å²) >= 11 is 0. The Morgan fingerprint density at radius 3 is 2.46 bits per heavy atom. The number of amides is 1. The summed E-state index contributed by atoms with van der Waals surface area (Å²) in [6.07, 6.45) is 0.371. The number of hydrogen-bond donors (Lipinski definition) is 2. The van der Waals surface area contributed by atoms with Gasteiger partial charge >= 0.3 is 6.36 Å². The average molecular weight is 577 g/mol. The Balaban J connectivity index is 2.06. The zero-order valence-corrected chi connectivity index (χ0v) is 22.3. The van der Waals surface area contributed by atoms with Gasteiger partial charge in [-0.2, -0.15) is 5.10 Å². The Hall–Kier alpha value is -4.79. The molecule has 1 amide bonds. The third-order valence-corrected chi connectivity index (χ3v) is 5.66. The van der Waals surface area contributed by atoms with Gasteiger partial charge < -0.3 is 20.5 Å². The molecule has 0 aliphatic carbocycles. The molecular formula is C26H28F4N8O3. The Labute approximate surface area is 233 Å². The number of guanidine groups is 1. The van der Waals surface area contributed by atoms with Gasteiger partial charge in [0.05, 0.1) is 12.6 Å². The van der Waals surface area contributed by atoms with E-state index in [1.54, 1.807) is 31.3 Å². The van der Waals surface area contributed by atoms with Gasteiger partial charge in [0.2, 0.25) is 0 Å². The molecule has 1 atom stereocenters. The molecule has 3 N–H and O–H groups in total. The molecule has 0 aliphatic rings. The molecule has 41 heavy (non-hydrogen) atoms. The fraction of sp³-hybridized carbons (Fsp3) is 0.269. The molecule has 1 heterocycles. The number of rotatable bonds is 11. The van der Waals surface area contributed by atoms with Gasteiger partial charge in [-0.05, 0) is 35.4 Å². The Kier molecular flexibility index (Phi) is 10.5. The number of hydrogen-bond acceptors (Lipinski definition) is 8. The number of nitrogens with two attached hydrogens (primary N) is 1. The number of allylic oxidation sites excluding steroid dienone is 1. The quantitative estimate of drug-likeness (QED) is 0.155. The number of methoxy groups -OCH3 is 1. The van der Waals surface area contributed by atoms with Gasteiger partial charge in [-0.1, -0.05) is 18.2 Å². The highest BCUT2D eigenvalue weighted by Crippen LogP contribution is 2.33. The number of carbonyl (C=O) groups is 1. The number of aromatic nitrogens is 3. The number of nitrogens with zero attached hydrogens (tertiary/aromatic N) is 6. The fourth-order valence-electron chi connectivity index (χ4n) is 3.88. The molecule has 15 heteroatoms. The van der Waals surface area contributed by atoms with Gasteiger partial charge in [-0.25, -0.2) is 14.1 Å². The smallest absolute Gasteiger partial charge is 0.403 e. The van der Waals surface area contributed by atoms with Gasteiger partial charge in [0.25, 0.3) is 5.91 Å². The molecule has 1 aromatic heterocycles. The summed E-state index contributed by atoms with van der Waals surface area (Å²) in [5, 5.41) is 6.38. The second-order valence-corrected chi connectivity index (χ2v) is 8.25. The first-order valence-corrected chi connectivity index (χ1v) is 11.9. The van der Waals surface area contributed by atoms with Gasteiger partial charge in [0, 0.05) is 44.8 Å². The van der Waals surface area contributed by atoms with Crippen LogP contribution in [-0.4, -0.2) is 78.7 Å². The third kappa shape index (κ3) is 7.88. The summed E-state index contributed by atoms with van der Waals surface area (Å²) in [7, 11) is 4.36. The van der Waals surface area contributed by atoms with Gasteiger partial charge in [0.1, 0.15) is 18.3 Å². The van der Waals surface area contributed by atoms with Crippen molar-refractivity contribution in [3.05, 3.63) is 78.0 Å². The van der Waals surface area contributed by atoms with E-state index in [0.29, 0.717) is 16.7 Å². The van der Waals surface area contributed by atoms with Crippen molar-refractivity contribution in [2.75, 3.05) is 34.6 Å². The fourth-order valence-corrected chi connectivity index (χ4v) is 3.88. The monoisotopic (exact) mass is 576 g/mol. The normalized spacial score (nSPS) is 13.3. The van der Waals surface area contributed by atoms with Crippen LogP contribution in [0.1, 0.15) is 27.5 Å². The van der Waals surface area contributed by atoms with Crippen molar-refractivity contribution in [1.29, 1.82) is 0 Å². The highest BCUT2D eigenvalue weighted by atomic mass is 19.4. The molecule has 0 radical (unpaired) electrons. The molecule has 0 spiro atoms. The van der Waals surface area contributed by atoms with Crippen molar-refractivity contribution >= 4 is 23.7 Å². The molecule has 11 nitrogen and oxygen atoms in total. The molecular weight excluding hydrogens is 548 g/mol. The molecule has 0 aliphatic heterocycles. The summed E-state index contributed by atoms with van der Waals surface area (Å²) < 4.78 is 62.5. The van der Waals surface area contributed by atoms with Crippen LogP contribution in [-0.2, 0) is 4.74 Å². The minimum absolute atomic E-state index is 0.0824. The minimum Gasteiger partial charge on any atom is -0.403 e. The first-order valence-electron chi connectivity index (χ1n) is 11.9. The van der Waals surface area contributed by atoms with E-state index in [0.717, 1.165) is 17.1 Å². The Morgan fingerprint density at radius 2 is 1.90 bits per heavy atom. The van der Waals surface area contributed by atoms with Crippen LogP contribution in [0.5, 0.6) is 5.75 Å². The van der Waals surface area contributed by atoms with Gasteiger partial charge in [-0.15, -0.1) is 13.2 Å². The van der Waals surface area contributed by atoms with Crippen molar-refractivity contribution in [2.24, 2.45) is 15.7 Å². The van der Waals surface area contributed by atoms with E-state index in [1.807, 2.05) is 0 Å². The Morgan fingerprint density at radius 1 is 1.20 bits per heavy atom. The number of alkyl halides is 4. The van der Waals surface area contributed by atoms with Crippen LogP contribution in [0.4, 0.5) is 17.6 Å². The van der Waals surface area contributed by atoms with Crippen molar-refractivity contribution in [3.8, 4) is 11.4 Å². The minimum atomic E-state index is -4.96. The summed E-state index contributed by atoms with van der Waals surface area (Å²) in [4.78, 5) is 26.7. The van der Waals surface area contributed by atoms with E-state index < -0.39 is 30.9 Å². The zero-order chi connectivity index (χ0) is 30.0. The lowest BCUT2D eigenvalue weighted by Gasteiger charge is -2.31. The van der Waals surface area contributed by atoms with Crippen LogP contribution < -0.4 is 15.8 Å². The third-order valence-electron chi connectivity index (χ3n) is 5.66. The van der Waals surface area contributed by atoms with E-state index in [2.05, 4.69) is 30.1 Å². The molecule has 0 saturated carbocycles. The Bertz CT molecular complexity index is 1390. The average Bonchev–Trinajstić information content (AvgIpc) is 3.49. The standard InChI is InChI=1S/C26H28F4N8O3/c1-32-11-20(12-34-14-27)17-4-6-18(7-5-17)24(39)38(25(31)33-2)22(13-40-3)19-8-9-23(41-26(28,29)30)21(10-19)37-16-35-15-36-37/h4-12,15-16,22,34H,13-14H2,1-3H3,(H2,31,33)/b20-12+,32-11?. The van der Waals surface area contributed by atoms with Crippen LogP contribution in [0.25, 0.3) is 11.3 Å². The second kappa shape index (κ2) is 14.0. The largest absolute Gasteiger partial charge is 0.573 e. The first kappa shape index (κ1) is 30.7. The number of benzene rings is 2. The molecule has 3 rings (SSSR count). The highest BCUT2D eigenvalue weighted by Gasteiger charge is 2.34. The maximum atomic E-state index is 13.8. The topological polar surface area (TPSA) is 132 Å². The number of nitrogens with one attached hydrogen (secondary N) is 1. The van der Waals surface area contributed by atoms with Crippen molar-refractivity contribution in [1.82, 2.24) is 25.0 Å². The lowest BCUT2D eigenvalue weighted by atomic mass is 10.0. The SMILES string of the molecule is CN=C/C(=C\NCF)c1ccc(C(=O)N(C(N)=NC)C(COC)c2ccc(OC(F)(F)F)c(-n3cncn3)c2)cc1. The van der Waals surface area contributed by atoms with Crippen LogP contribution in [0.15, 0.2) is 71.3 Å². The van der Waals surface area contributed by atoms with Crippen molar-refractivity contribution in [2.45, 2.75) is 12.4 Å². The van der Waals surface area contributed by atoms with Crippen LogP contribution in [0.3, 0.4) is 0 Å². The molecule has 0 fully saturated rings. The lowest BCUT2D eigenvalue weighted by Crippen LogP contribution is -2.46. The van der Waals surface area contributed by atoms with Crippen molar-refractivity contribution < 1.29 is 31.8 Å². The lowest BCUT2D eigenvalue weighted by molar-refractivity contribution is -0.274. The number of carbonyl (C=O) groups excluding carboxylic acids is 1. The molecule has 3 aromatic rings. The van der Waals surface area contributed by atoms with Crippen LogP contribution in [0.2, 0.25) is 0 Å². The number of ether oxygens (including phenoxy) is 2.